The van der Waals surface area contributed by atoms with E-state index in [4.69, 9.17) is 23.8 Å². The van der Waals surface area contributed by atoms with Gasteiger partial charge in [-0.2, -0.15) is 4.68 Å². The second kappa shape index (κ2) is 7.44. The summed E-state index contributed by atoms with van der Waals surface area (Å²) in [4.78, 5) is 39.3. The first-order chi connectivity index (χ1) is 14.3. The summed E-state index contributed by atoms with van der Waals surface area (Å²) in [7, 11) is 0. The van der Waals surface area contributed by atoms with Crippen LogP contribution in [0.1, 0.15) is 15.2 Å². The van der Waals surface area contributed by atoms with E-state index in [-0.39, 0.29) is 36.2 Å². The monoisotopic (exact) mass is 460 g/mol. The molecule has 0 bridgehead atoms. The van der Waals surface area contributed by atoms with E-state index in [0.717, 1.165) is 16.0 Å². The maximum Gasteiger partial charge on any atom is 0.279 e. The molecule has 1 aliphatic heterocycles. The minimum atomic E-state index is -0.673. The summed E-state index contributed by atoms with van der Waals surface area (Å²) < 4.78 is 1.02. The van der Waals surface area contributed by atoms with E-state index in [2.05, 4.69) is 10.4 Å². The number of nitrogens with zero attached hydrogens (tertiary/aromatic N) is 3. The number of hydrogen-bond acceptors (Lipinski definition) is 7. The fraction of sp³-hybridized carbons (Fsp3) is 0. The average molecular weight is 461 g/mol. The zero-order valence-corrected chi connectivity index (χ0v) is 17.0. The number of carbonyl (C=O) groups is 2. The molecular weight excluding hydrogens is 452 g/mol. The zero-order chi connectivity index (χ0) is 21.6. The maximum absolute atomic E-state index is 12.4. The number of aromatic hydroxyl groups is 1. The highest BCUT2D eigenvalue weighted by Gasteiger charge is 2.27. The van der Waals surface area contributed by atoms with E-state index in [1.807, 2.05) is 0 Å². The van der Waals surface area contributed by atoms with Gasteiger partial charge in [0.15, 0.2) is 3.95 Å². The van der Waals surface area contributed by atoms with E-state index >= 15 is 0 Å². The molecule has 0 unspecified atom stereocenters. The molecule has 0 radical (unpaired) electrons. The number of non-ortho nitro benzene ring substituents is 1. The molecule has 0 saturated carbocycles. The molecule has 0 aliphatic carbocycles. The van der Waals surface area contributed by atoms with Crippen molar-refractivity contribution in [3.63, 3.8) is 0 Å². The van der Waals surface area contributed by atoms with Gasteiger partial charge in [0, 0.05) is 27.9 Å². The van der Waals surface area contributed by atoms with E-state index in [0.29, 0.717) is 5.02 Å². The van der Waals surface area contributed by atoms with Crippen molar-refractivity contribution in [2.24, 2.45) is 4.99 Å². The lowest BCUT2D eigenvalue weighted by Crippen LogP contribution is -2.24. The number of nitro benzene ring substituents is 1. The third-order valence-corrected chi connectivity index (χ3v) is 5.86. The van der Waals surface area contributed by atoms with Gasteiger partial charge >= 0.3 is 0 Å². The van der Waals surface area contributed by atoms with Crippen LogP contribution < -0.4 is 16.0 Å². The molecule has 2 N–H and O–H groups in total. The standard InChI is InChI=1S/C18H9ClN4O5S2/c19-9-3-1-8(2-4-9)15(24)21-22-17(26)14(30-18(22)29)13-11-7-10(23(27)28)5-6-12(11)20-16(13)25/h1-7,26H,(H,21,24). The van der Waals surface area contributed by atoms with Gasteiger partial charge in [0.1, 0.15) is 4.88 Å². The smallest absolute Gasteiger partial charge is 0.279 e. The van der Waals surface area contributed by atoms with Crippen LogP contribution in [0.5, 0.6) is 5.88 Å². The number of aromatic nitrogens is 1. The number of benzene rings is 2. The van der Waals surface area contributed by atoms with E-state index in [9.17, 15) is 24.8 Å². The van der Waals surface area contributed by atoms with E-state index in [1.54, 1.807) is 0 Å². The molecule has 12 heteroatoms. The molecule has 9 nitrogen and oxygen atoms in total. The van der Waals surface area contributed by atoms with Gasteiger partial charge in [0.05, 0.1) is 15.9 Å². The van der Waals surface area contributed by atoms with Crippen LogP contribution in [0.4, 0.5) is 5.69 Å². The average Bonchev–Trinajstić information content (AvgIpc) is 3.17. The summed E-state index contributed by atoms with van der Waals surface area (Å²) >= 11 is 11.9. The van der Waals surface area contributed by atoms with Crippen molar-refractivity contribution in [1.29, 1.82) is 0 Å². The zero-order valence-electron chi connectivity index (χ0n) is 14.7. The highest BCUT2D eigenvalue weighted by atomic mass is 35.5. The van der Waals surface area contributed by atoms with Crippen LogP contribution in [0.2, 0.25) is 5.02 Å². The summed E-state index contributed by atoms with van der Waals surface area (Å²) in [5, 5.41) is 22.6. The Labute approximate surface area is 181 Å². The second-order valence-corrected chi connectivity index (χ2v) is 8.14. The maximum atomic E-state index is 12.4. The molecule has 4 rings (SSSR count). The van der Waals surface area contributed by atoms with Crippen molar-refractivity contribution in [2.75, 3.05) is 5.43 Å². The van der Waals surface area contributed by atoms with Crippen LogP contribution in [0, 0.1) is 14.1 Å². The molecule has 0 atom stereocenters. The van der Waals surface area contributed by atoms with Crippen LogP contribution >= 0.6 is 35.2 Å². The van der Waals surface area contributed by atoms with Crippen molar-refractivity contribution in [2.45, 2.75) is 0 Å². The van der Waals surface area contributed by atoms with Crippen molar-refractivity contribution >= 4 is 58.2 Å². The number of hydrogen-bond donors (Lipinski definition) is 2. The van der Waals surface area contributed by atoms with Crippen molar-refractivity contribution in [1.82, 2.24) is 4.68 Å². The third-order valence-electron chi connectivity index (χ3n) is 4.23. The number of amides is 2. The highest BCUT2D eigenvalue weighted by Crippen LogP contribution is 2.32. The molecular formula is C18H9ClN4O5S2. The fourth-order valence-electron chi connectivity index (χ4n) is 2.83. The molecule has 0 spiro atoms. The topological polar surface area (TPSA) is 127 Å². The van der Waals surface area contributed by atoms with Gasteiger partial charge in [0.25, 0.3) is 17.5 Å². The minimum absolute atomic E-state index is 0.0261. The summed E-state index contributed by atoms with van der Waals surface area (Å²) in [6, 6.07) is 9.86. The van der Waals surface area contributed by atoms with Crippen molar-refractivity contribution in [3.8, 4) is 5.88 Å². The highest BCUT2D eigenvalue weighted by molar-refractivity contribution is 7.73. The Bertz CT molecular complexity index is 1430. The summed E-state index contributed by atoms with van der Waals surface area (Å²) in [6.07, 6.45) is 0. The van der Waals surface area contributed by atoms with Crippen LogP contribution in [0.3, 0.4) is 0 Å². The Morgan fingerprint density at radius 2 is 1.97 bits per heavy atom. The van der Waals surface area contributed by atoms with Gasteiger partial charge in [-0.05, 0) is 42.5 Å². The molecule has 2 amide bonds. The van der Waals surface area contributed by atoms with Crippen LogP contribution in [0.25, 0.3) is 5.57 Å². The predicted molar refractivity (Wildman–Crippen MR) is 111 cm³/mol. The number of nitro groups is 1. The molecule has 150 valence electrons. The third kappa shape index (κ3) is 3.38. The molecule has 0 fully saturated rings. The van der Waals surface area contributed by atoms with Gasteiger partial charge in [0.2, 0.25) is 5.88 Å². The number of rotatable bonds is 4. The normalized spacial score (nSPS) is 12.4. The van der Waals surface area contributed by atoms with E-state index in [1.165, 1.54) is 42.5 Å². The van der Waals surface area contributed by atoms with Gasteiger partial charge < -0.3 is 5.11 Å². The first kappa shape index (κ1) is 19.9. The van der Waals surface area contributed by atoms with Gasteiger partial charge in [-0.1, -0.05) is 22.9 Å². The predicted octanol–water partition coefficient (Wildman–Crippen LogP) is 2.29. The lowest BCUT2D eigenvalue weighted by Gasteiger charge is -2.08. The Kier molecular flexibility index (Phi) is 4.94. The molecule has 2 aromatic carbocycles. The lowest BCUT2D eigenvalue weighted by molar-refractivity contribution is -0.385. The SMILES string of the molecule is O=C1N=c2ccc([N+](=O)[O-])cc2=C1c1sc(=S)n(NC(=O)c2ccc(Cl)cc2)c1O. The number of fused-ring (bicyclic) bond motifs is 1. The number of thiazole rings is 1. The van der Waals surface area contributed by atoms with Crippen LogP contribution in [0.15, 0.2) is 47.5 Å². The van der Waals surface area contributed by atoms with Gasteiger partial charge in [-0.15, -0.1) is 0 Å². The van der Waals surface area contributed by atoms with Crippen molar-refractivity contribution in [3.05, 3.63) is 82.6 Å². The first-order valence-corrected chi connectivity index (χ1v) is 9.80. The molecule has 30 heavy (non-hydrogen) atoms. The number of nitrogens with one attached hydrogen (secondary N) is 1. The number of halogens is 1. The molecule has 0 saturated heterocycles. The summed E-state index contributed by atoms with van der Waals surface area (Å²) in [5.74, 6) is -1.72. The molecule has 1 aromatic heterocycles. The Morgan fingerprint density at radius 3 is 2.63 bits per heavy atom. The van der Waals surface area contributed by atoms with E-state index < -0.39 is 22.6 Å². The van der Waals surface area contributed by atoms with Gasteiger partial charge in [-0.3, -0.25) is 25.1 Å². The Balaban J connectivity index is 1.81. The molecule has 3 aromatic rings. The molecule has 2 heterocycles. The Morgan fingerprint density at radius 1 is 1.27 bits per heavy atom. The van der Waals surface area contributed by atoms with Crippen LogP contribution in [-0.4, -0.2) is 26.5 Å². The first-order valence-electron chi connectivity index (χ1n) is 8.20. The number of carbonyl (C=O) groups excluding carboxylic acids is 2. The lowest BCUT2D eigenvalue weighted by atomic mass is 10.1. The van der Waals surface area contributed by atoms with Gasteiger partial charge in [-0.25, -0.2) is 4.99 Å². The van der Waals surface area contributed by atoms with Crippen molar-refractivity contribution < 1.29 is 19.6 Å². The molecule has 1 aliphatic rings. The van der Waals surface area contributed by atoms with Crippen LogP contribution in [-0.2, 0) is 4.79 Å². The summed E-state index contributed by atoms with van der Waals surface area (Å²) in [5.41, 5.74) is 2.47. The fourth-order valence-corrected chi connectivity index (χ4v) is 4.22. The summed E-state index contributed by atoms with van der Waals surface area (Å²) in [6.45, 7) is 0. The minimum Gasteiger partial charge on any atom is -0.492 e. The largest absolute Gasteiger partial charge is 0.492 e. The second-order valence-electron chi connectivity index (χ2n) is 6.05. The Hall–Kier alpha value is -3.41. The quantitative estimate of drug-likeness (QED) is 0.349.